The van der Waals surface area contributed by atoms with Gasteiger partial charge in [0.15, 0.2) is 5.16 Å². The minimum atomic E-state index is -0.458. The molecule has 2 aromatic heterocycles. The Morgan fingerprint density at radius 3 is 3.15 bits per heavy atom. The molecule has 1 unspecified atom stereocenters. The predicted octanol–water partition coefficient (Wildman–Crippen LogP) is 0.612. The van der Waals surface area contributed by atoms with Crippen LogP contribution < -0.4 is 10.6 Å². The molecule has 0 aromatic carbocycles. The van der Waals surface area contributed by atoms with Gasteiger partial charge in [0.25, 0.3) is 0 Å². The Bertz CT molecular complexity index is 731. The zero-order chi connectivity index (χ0) is 18.4. The number of aryl methyl sites for hydroxylation is 1. The van der Waals surface area contributed by atoms with Crippen molar-refractivity contribution in [2.24, 2.45) is 7.05 Å². The number of piperazine rings is 1. The van der Waals surface area contributed by atoms with E-state index in [2.05, 4.69) is 15.6 Å². The van der Waals surface area contributed by atoms with E-state index in [1.165, 1.54) is 0 Å². The Morgan fingerprint density at radius 1 is 1.54 bits per heavy atom. The zero-order valence-corrected chi connectivity index (χ0v) is 15.5. The number of carbonyl (C=O) groups is 2. The van der Waals surface area contributed by atoms with Gasteiger partial charge in [-0.25, -0.2) is 4.98 Å². The van der Waals surface area contributed by atoms with Crippen molar-refractivity contribution in [1.82, 2.24) is 25.1 Å². The van der Waals surface area contributed by atoms with Crippen LogP contribution in [0.2, 0.25) is 0 Å². The number of furan rings is 1. The van der Waals surface area contributed by atoms with E-state index >= 15 is 0 Å². The van der Waals surface area contributed by atoms with Gasteiger partial charge < -0.3 is 19.6 Å². The summed E-state index contributed by atoms with van der Waals surface area (Å²) < 4.78 is 7.03. The second-order valence-corrected chi connectivity index (χ2v) is 7.19. The molecule has 1 aliphatic heterocycles. The lowest BCUT2D eigenvalue weighted by molar-refractivity contribution is -0.134. The first kappa shape index (κ1) is 18.5. The SMILES string of the molecule is Cn1ccnc1SCCNC(=O)CC1C(=O)NCCN1Cc1ccoc1. The summed E-state index contributed by atoms with van der Waals surface area (Å²) in [6.07, 6.45) is 7.06. The van der Waals surface area contributed by atoms with Gasteiger partial charge >= 0.3 is 0 Å². The van der Waals surface area contributed by atoms with Gasteiger partial charge in [0, 0.05) is 56.9 Å². The van der Waals surface area contributed by atoms with Crippen LogP contribution in [0.5, 0.6) is 0 Å². The fraction of sp³-hybridized carbons (Fsp3) is 0.471. The van der Waals surface area contributed by atoms with E-state index in [1.807, 2.05) is 28.8 Å². The number of hydrogen-bond acceptors (Lipinski definition) is 6. The lowest BCUT2D eigenvalue weighted by Gasteiger charge is -2.34. The number of nitrogens with zero attached hydrogens (tertiary/aromatic N) is 3. The summed E-state index contributed by atoms with van der Waals surface area (Å²) in [5.74, 6) is 0.508. The molecule has 2 N–H and O–H groups in total. The molecule has 3 heterocycles. The average molecular weight is 377 g/mol. The fourth-order valence-corrected chi connectivity index (χ4v) is 3.65. The van der Waals surface area contributed by atoms with E-state index in [0.717, 1.165) is 16.5 Å². The average Bonchev–Trinajstić information content (AvgIpc) is 3.27. The molecular weight excluding hydrogens is 354 g/mol. The number of rotatable bonds is 8. The summed E-state index contributed by atoms with van der Waals surface area (Å²) >= 11 is 1.58. The van der Waals surface area contributed by atoms with Crippen molar-refractivity contribution in [2.45, 2.75) is 24.2 Å². The number of hydrogen-bond donors (Lipinski definition) is 2. The third-order valence-corrected chi connectivity index (χ3v) is 5.28. The highest BCUT2D eigenvalue weighted by Crippen LogP contribution is 2.15. The van der Waals surface area contributed by atoms with Crippen LogP contribution in [-0.4, -0.2) is 57.7 Å². The summed E-state index contributed by atoms with van der Waals surface area (Å²) in [6.45, 7) is 2.43. The second kappa shape index (κ2) is 8.91. The second-order valence-electron chi connectivity index (χ2n) is 6.13. The van der Waals surface area contributed by atoms with Gasteiger partial charge in [-0.3, -0.25) is 14.5 Å². The van der Waals surface area contributed by atoms with Gasteiger partial charge in [0.05, 0.1) is 25.0 Å². The van der Waals surface area contributed by atoms with Gasteiger partial charge in [-0.15, -0.1) is 0 Å². The third kappa shape index (κ3) is 4.89. The molecule has 2 amide bonds. The maximum atomic E-state index is 12.3. The molecule has 140 valence electrons. The van der Waals surface area contributed by atoms with E-state index in [4.69, 9.17) is 4.42 Å². The molecule has 26 heavy (non-hydrogen) atoms. The quantitative estimate of drug-likeness (QED) is 0.517. The van der Waals surface area contributed by atoms with Crippen molar-refractivity contribution in [3.05, 3.63) is 36.5 Å². The van der Waals surface area contributed by atoms with Crippen LogP contribution in [0.1, 0.15) is 12.0 Å². The molecule has 0 radical (unpaired) electrons. The van der Waals surface area contributed by atoms with Gasteiger partial charge in [-0.1, -0.05) is 11.8 Å². The van der Waals surface area contributed by atoms with Crippen molar-refractivity contribution < 1.29 is 14.0 Å². The van der Waals surface area contributed by atoms with E-state index in [-0.39, 0.29) is 18.2 Å². The van der Waals surface area contributed by atoms with Crippen molar-refractivity contribution in [3.63, 3.8) is 0 Å². The van der Waals surface area contributed by atoms with Crippen molar-refractivity contribution in [1.29, 1.82) is 0 Å². The number of aromatic nitrogens is 2. The van der Waals surface area contributed by atoms with Gasteiger partial charge in [0.1, 0.15) is 0 Å². The zero-order valence-electron chi connectivity index (χ0n) is 14.7. The number of imidazole rings is 1. The summed E-state index contributed by atoms with van der Waals surface area (Å²) in [5, 5.41) is 6.64. The summed E-state index contributed by atoms with van der Waals surface area (Å²) in [7, 11) is 1.93. The largest absolute Gasteiger partial charge is 0.472 e. The lowest BCUT2D eigenvalue weighted by Crippen LogP contribution is -2.56. The number of nitrogens with one attached hydrogen (secondary N) is 2. The smallest absolute Gasteiger partial charge is 0.237 e. The number of thioether (sulfide) groups is 1. The Morgan fingerprint density at radius 2 is 2.42 bits per heavy atom. The normalized spacial score (nSPS) is 17.9. The van der Waals surface area contributed by atoms with Crippen LogP contribution >= 0.6 is 11.8 Å². The van der Waals surface area contributed by atoms with Crippen molar-refractivity contribution >= 4 is 23.6 Å². The minimum absolute atomic E-state index is 0.0997. The maximum Gasteiger partial charge on any atom is 0.237 e. The standard InChI is InChI=1S/C17H23N5O3S/c1-21-6-3-20-17(21)26-9-5-18-15(23)10-14-16(24)19-4-7-22(14)11-13-2-8-25-12-13/h2-3,6,8,12,14H,4-5,7,9-11H2,1H3,(H,18,23)(H,19,24). The van der Waals surface area contributed by atoms with Crippen LogP contribution in [0, 0.1) is 0 Å². The molecule has 9 heteroatoms. The minimum Gasteiger partial charge on any atom is -0.472 e. The highest BCUT2D eigenvalue weighted by molar-refractivity contribution is 7.99. The van der Waals surface area contributed by atoms with Crippen LogP contribution in [0.15, 0.2) is 40.6 Å². The Kier molecular flexibility index (Phi) is 6.35. The van der Waals surface area contributed by atoms with Crippen LogP contribution in [0.4, 0.5) is 0 Å². The Hall–Kier alpha value is -2.26. The van der Waals surface area contributed by atoms with Gasteiger partial charge in [0.2, 0.25) is 11.8 Å². The Labute approximate surface area is 156 Å². The van der Waals surface area contributed by atoms with Gasteiger partial charge in [-0.05, 0) is 6.07 Å². The van der Waals surface area contributed by atoms with Crippen molar-refractivity contribution in [3.8, 4) is 0 Å². The molecule has 0 saturated carbocycles. The van der Waals surface area contributed by atoms with Crippen LogP contribution in [0.3, 0.4) is 0 Å². The first-order chi connectivity index (χ1) is 12.6. The molecule has 1 aliphatic rings. The summed E-state index contributed by atoms with van der Waals surface area (Å²) in [5.41, 5.74) is 0.997. The molecule has 3 rings (SSSR count). The first-order valence-electron chi connectivity index (χ1n) is 8.53. The molecule has 0 aliphatic carbocycles. The van der Waals surface area contributed by atoms with E-state index in [1.54, 1.807) is 30.5 Å². The molecule has 8 nitrogen and oxygen atoms in total. The molecule has 1 saturated heterocycles. The van der Waals surface area contributed by atoms with E-state index in [0.29, 0.717) is 26.2 Å². The van der Waals surface area contributed by atoms with Crippen LogP contribution in [-0.2, 0) is 23.2 Å². The molecular formula is C17H23N5O3S. The molecule has 1 atom stereocenters. The van der Waals surface area contributed by atoms with Gasteiger partial charge in [-0.2, -0.15) is 0 Å². The molecule has 0 spiro atoms. The fourth-order valence-electron chi connectivity index (χ4n) is 2.86. The third-order valence-electron chi connectivity index (χ3n) is 4.22. The molecule has 0 bridgehead atoms. The highest BCUT2D eigenvalue weighted by Gasteiger charge is 2.31. The highest BCUT2D eigenvalue weighted by atomic mass is 32.2. The lowest BCUT2D eigenvalue weighted by atomic mass is 10.1. The number of amides is 2. The Balaban J connectivity index is 1.46. The first-order valence-corrected chi connectivity index (χ1v) is 9.51. The molecule has 1 fully saturated rings. The van der Waals surface area contributed by atoms with Crippen molar-refractivity contribution in [2.75, 3.05) is 25.4 Å². The van der Waals surface area contributed by atoms with E-state index < -0.39 is 6.04 Å². The topological polar surface area (TPSA) is 92.4 Å². The summed E-state index contributed by atoms with van der Waals surface area (Å²) in [6, 6.07) is 1.42. The molecule has 2 aromatic rings. The predicted molar refractivity (Wildman–Crippen MR) is 97.5 cm³/mol. The van der Waals surface area contributed by atoms with Crippen LogP contribution in [0.25, 0.3) is 0 Å². The van der Waals surface area contributed by atoms with E-state index in [9.17, 15) is 9.59 Å². The number of carbonyl (C=O) groups excluding carboxylic acids is 2. The maximum absolute atomic E-state index is 12.3. The monoisotopic (exact) mass is 377 g/mol. The summed E-state index contributed by atoms with van der Waals surface area (Å²) in [4.78, 5) is 30.7.